The van der Waals surface area contributed by atoms with Crippen LogP contribution in [0.15, 0.2) is 33.7 Å². The number of nitrogens with zero attached hydrogens (tertiary/aromatic N) is 3. The summed E-state index contributed by atoms with van der Waals surface area (Å²) >= 11 is 0. The van der Waals surface area contributed by atoms with Gasteiger partial charge in [0.05, 0.1) is 19.3 Å². The summed E-state index contributed by atoms with van der Waals surface area (Å²) in [5, 5.41) is 6.96. The van der Waals surface area contributed by atoms with Crippen molar-refractivity contribution in [3.63, 3.8) is 0 Å². The first kappa shape index (κ1) is 24.1. The molecule has 1 aliphatic heterocycles. The van der Waals surface area contributed by atoms with E-state index in [1.807, 2.05) is 33.0 Å². The lowest BCUT2D eigenvalue weighted by molar-refractivity contribution is 0.164. The van der Waals surface area contributed by atoms with Gasteiger partial charge in [0.15, 0.2) is 5.96 Å². The van der Waals surface area contributed by atoms with Crippen LogP contribution in [0.1, 0.15) is 48.6 Å². The van der Waals surface area contributed by atoms with Gasteiger partial charge in [-0.1, -0.05) is 12.1 Å². The molecule has 7 nitrogen and oxygen atoms in total. The molecule has 176 valence electrons. The van der Waals surface area contributed by atoms with Gasteiger partial charge in [0, 0.05) is 20.1 Å². The maximum Gasteiger partial charge on any atom is 0.208 e. The fourth-order valence-electron chi connectivity index (χ4n) is 4.06. The lowest BCUT2D eigenvalue weighted by atomic mass is 9.97. The number of ether oxygens (including phenoxy) is 1. The summed E-state index contributed by atoms with van der Waals surface area (Å²) in [6, 6.07) is 8.34. The van der Waals surface area contributed by atoms with Crippen LogP contribution in [-0.4, -0.2) is 56.2 Å². The highest BCUT2D eigenvalue weighted by atomic mass is 16.5. The first-order chi connectivity index (χ1) is 15.6. The Morgan fingerprint density at radius 3 is 2.53 bits per heavy atom. The molecular weight excluding hydrogens is 402 g/mol. The van der Waals surface area contributed by atoms with E-state index in [4.69, 9.17) is 9.15 Å². The summed E-state index contributed by atoms with van der Waals surface area (Å²) in [7, 11) is 3.54. The molecule has 0 radical (unpaired) electrons. The maximum atomic E-state index is 5.73. The Balaban J connectivity index is 1.26. The van der Waals surface area contributed by atoms with Gasteiger partial charge in [-0.3, -0.25) is 9.89 Å². The van der Waals surface area contributed by atoms with E-state index in [9.17, 15) is 0 Å². The lowest BCUT2D eigenvalue weighted by Gasteiger charge is -2.31. The quantitative estimate of drug-likeness (QED) is 0.333. The second-order valence-corrected chi connectivity index (χ2v) is 8.65. The van der Waals surface area contributed by atoms with Gasteiger partial charge >= 0.3 is 0 Å². The molecule has 2 heterocycles. The SMILES string of the molecule is CN=C(NCCCCc1ccc(OC)cc1)NCC1CCN(Cc2nc(C)c(C)o2)CC1. The summed E-state index contributed by atoms with van der Waals surface area (Å²) in [6.45, 7) is 8.87. The van der Waals surface area contributed by atoms with Crippen molar-refractivity contribution < 1.29 is 9.15 Å². The highest BCUT2D eigenvalue weighted by Crippen LogP contribution is 2.19. The zero-order valence-corrected chi connectivity index (χ0v) is 20.1. The molecule has 0 spiro atoms. The summed E-state index contributed by atoms with van der Waals surface area (Å²) in [5.74, 6) is 4.26. The molecule has 0 unspecified atom stereocenters. The molecule has 0 saturated carbocycles. The predicted octanol–water partition coefficient (Wildman–Crippen LogP) is 3.70. The van der Waals surface area contributed by atoms with Gasteiger partial charge in [-0.25, -0.2) is 4.98 Å². The second-order valence-electron chi connectivity index (χ2n) is 8.65. The highest BCUT2D eigenvalue weighted by Gasteiger charge is 2.21. The van der Waals surface area contributed by atoms with Crippen LogP contribution < -0.4 is 15.4 Å². The molecule has 1 saturated heterocycles. The van der Waals surface area contributed by atoms with E-state index in [-0.39, 0.29) is 0 Å². The zero-order chi connectivity index (χ0) is 22.8. The Labute approximate surface area is 192 Å². The number of unbranched alkanes of at least 4 members (excludes halogenated alkanes) is 1. The van der Waals surface area contributed by atoms with Crippen LogP contribution in [-0.2, 0) is 13.0 Å². The molecular formula is C25H39N5O2. The van der Waals surface area contributed by atoms with Crippen LogP contribution in [0, 0.1) is 19.8 Å². The molecule has 7 heteroatoms. The number of benzene rings is 1. The zero-order valence-electron chi connectivity index (χ0n) is 20.1. The van der Waals surface area contributed by atoms with Gasteiger partial charge in [-0.2, -0.15) is 0 Å². The van der Waals surface area contributed by atoms with Gasteiger partial charge in [-0.05, 0) is 82.7 Å². The van der Waals surface area contributed by atoms with Gasteiger partial charge in [0.1, 0.15) is 11.5 Å². The van der Waals surface area contributed by atoms with Crippen molar-refractivity contribution in [1.29, 1.82) is 0 Å². The van der Waals surface area contributed by atoms with Gasteiger partial charge in [0.25, 0.3) is 0 Å². The smallest absolute Gasteiger partial charge is 0.208 e. The molecule has 3 rings (SSSR count). The molecule has 0 amide bonds. The van der Waals surface area contributed by atoms with Crippen molar-refractivity contribution in [2.45, 2.75) is 52.5 Å². The van der Waals surface area contributed by atoms with Crippen LogP contribution in [0.4, 0.5) is 0 Å². The van der Waals surface area contributed by atoms with E-state index >= 15 is 0 Å². The van der Waals surface area contributed by atoms with Crippen molar-refractivity contribution >= 4 is 5.96 Å². The normalized spacial score (nSPS) is 15.7. The molecule has 1 fully saturated rings. The molecule has 1 aromatic carbocycles. The lowest BCUT2D eigenvalue weighted by Crippen LogP contribution is -2.43. The van der Waals surface area contributed by atoms with Crippen molar-refractivity contribution in [2.75, 3.05) is 40.3 Å². The molecule has 0 aliphatic carbocycles. The van der Waals surface area contributed by atoms with E-state index in [1.165, 1.54) is 18.4 Å². The fraction of sp³-hybridized carbons (Fsp3) is 0.600. The van der Waals surface area contributed by atoms with Crippen LogP contribution in [0.2, 0.25) is 0 Å². The number of piperidine rings is 1. The second kappa shape index (κ2) is 12.5. The third kappa shape index (κ3) is 7.55. The van der Waals surface area contributed by atoms with Crippen molar-refractivity contribution in [1.82, 2.24) is 20.5 Å². The Morgan fingerprint density at radius 2 is 1.91 bits per heavy atom. The minimum Gasteiger partial charge on any atom is -0.497 e. The Morgan fingerprint density at radius 1 is 1.16 bits per heavy atom. The van der Waals surface area contributed by atoms with E-state index in [2.05, 4.69) is 37.6 Å². The molecule has 1 aromatic heterocycles. The molecule has 2 N–H and O–H groups in total. The Hall–Kier alpha value is -2.54. The van der Waals surface area contributed by atoms with Crippen LogP contribution in [0.5, 0.6) is 5.75 Å². The minimum absolute atomic E-state index is 0.674. The molecule has 0 atom stereocenters. The summed E-state index contributed by atoms with van der Waals surface area (Å²) in [6.07, 6.45) is 5.72. The van der Waals surface area contributed by atoms with Crippen molar-refractivity contribution in [3.8, 4) is 5.75 Å². The van der Waals surface area contributed by atoms with E-state index < -0.39 is 0 Å². The monoisotopic (exact) mass is 441 g/mol. The average molecular weight is 442 g/mol. The fourth-order valence-corrected chi connectivity index (χ4v) is 4.06. The first-order valence-electron chi connectivity index (χ1n) is 11.8. The number of rotatable bonds is 10. The average Bonchev–Trinajstić information content (AvgIpc) is 3.13. The summed E-state index contributed by atoms with van der Waals surface area (Å²) in [4.78, 5) is 11.3. The van der Waals surface area contributed by atoms with Gasteiger partial charge in [0.2, 0.25) is 5.89 Å². The van der Waals surface area contributed by atoms with Crippen LogP contribution in [0.3, 0.4) is 0 Å². The molecule has 32 heavy (non-hydrogen) atoms. The minimum atomic E-state index is 0.674. The number of aryl methyl sites for hydroxylation is 3. The van der Waals surface area contributed by atoms with Crippen LogP contribution >= 0.6 is 0 Å². The summed E-state index contributed by atoms with van der Waals surface area (Å²) in [5.41, 5.74) is 2.35. The number of methoxy groups -OCH3 is 1. The first-order valence-corrected chi connectivity index (χ1v) is 11.8. The number of hydrogen-bond donors (Lipinski definition) is 2. The number of hydrogen-bond acceptors (Lipinski definition) is 5. The largest absolute Gasteiger partial charge is 0.497 e. The number of aliphatic imine (C=N–C) groups is 1. The number of likely N-dealkylation sites (tertiary alicyclic amines) is 1. The third-order valence-corrected chi connectivity index (χ3v) is 6.26. The predicted molar refractivity (Wildman–Crippen MR) is 129 cm³/mol. The number of nitrogens with one attached hydrogen (secondary N) is 2. The third-order valence-electron chi connectivity index (χ3n) is 6.26. The summed E-state index contributed by atoms with van der Waals surface area (Å²) < 4.78 is 10.9. The Kier molecular flexibility index (Phi) is 9.41. The standard InChI is InChI=1S/C25H39N5O2/c1-19-20(2)32-24(29-19)18-30-15-12-22(13-16-30)17-28-25(26-3)27-14-6-5-7-21-8-10-23(31-4)11-9-21/h8-11,22H,5-7,12-18H2,1-4H3,(H2,26,27,28). The maximum absolute atomic E-state index is 5.73. The van der Waals surface area contributed by atoms with E-state index in [1.54, 1.807) is 7.11 Å². The molecule has 2 aromatic rings. The number of aromatic nitrogens is 1. The molecule has 0 bridgehead atoms. The topological polar surface area (TPSA) is 74.9 Å². The number of guanidine groups is 1. The molecule has 1 aliphatic rings. The van der Waals surface area contributed by atoms with E-state index in [0.717, 1.165) is 81.0 Å². The highest BCUT2D eigenvalue weighted by molar-refractivity contribution is 5.79. The van der Waals surface area contributed by atoms with Gasteiger partial charge in [-0.15, -0.1) is 0 Å². The van der Waals surface area contributed by atoms with Crippen molar-refractivity contribution in [3.05, 3.63) is 47.2 Å². The van der Waals surface area contributed by atoms with E-state index in [0.29, 0.717) is 5.92 Å². The van der Waals surface area contributed by atoms with Gasteiger partial charge < -0.3 is 19.8 Å². The number of oxazole rings is 1. The Bertz CT molecular complexity index is 819. The van der Waals surface area contributed by atoms with Crippen LogP contribution in [0.25, 0.3) is 0 Å². The van der Waals surface area contributed by atoms with Crippen molar-refractivity contribution in [2.24, 2.45) is 10.9 Å².